The molecule has 1 aliphatic heterocycles. The van der Waals surface area contributed by atoms with Gasteiger partial charge >= 0.3 is 6.18 Å². The van der Waals surface area contributed by atoms with Crippen molar-refractivity contribution in [2.75, 3.05) is 0 Å². The van der Waals surface area contributed by atoms with Crippen molar-refractivity contribution < 1.29 is 13.2 Å². The Morgan fingerprint density at radius 1 is 0.920 bits per heavy atom. The first-order valence-electron chi connectivity index (χ1n) is 7.36. The van der Waals surface area contributed by atoms with Gasteiger partial charge in [-0.15, -0.1) is 10.2 Å². The van der Waals surface area contributed by atoms with Crippen LogP contribution in [0.3, 0.4) is 0 Å². The van der Waals surface area contributed by atoms with Crippen molar-refractivity contribution >= 4 is 17.3 Å². The van der Waals surface area contributed by atoms with Gasteiger partial charge in [-0.3, -0.25) is 9.56 Å². The number of aromatic nitrogens is 3. The van der Waals surface area contributed by atoms with Gasteiger partial charge in [0.25, 0.3) is 0 Å². The predicted molar refractivity (Wildman–Crippen MR) is 87.0 cm³/mol. The highest BCUT2D eigenvalue weighted by Gasteiger charge is 2.41. The molecular weight excluding hydrogens is 353 g/mol. The van der Waals surface area contributed by atoms with Gasteiger partial charge < -0.3 is 0 Å². The van der Waals surface area contributed by atoms with E-state index < -0.39 is 17.5 Å². The summed E-state index contributed by atoms with van der Waals surface area (Å²) >= 11 is 6.27. The van der Waals surface area contributed by atoms with E-state index in [1.54, 1.807) is 24.3 Å². The van der Waals surface area contributed by atoms with E-state index in [-0.39, 0.29) is 5.82 Å². The normalized spacial score (nSPS) is 16.6. The maximum atomic E-state index is 13.4. The van der Waals surface area contributed by atoms with E-state index in [4.69, 9.17) is 11.6 Å². The number of para-hydroxylation sites is 1. The number of hydrogen-bond donors (Lipinski definition) is 0. The molecule has 0 saturated heterocycles. The van der Waals surface area contributed by atoms with Crippen molar-refractivity contribution in [1.29, 1.82) is 0 Å². The first-order chi connectivity index (χ1) is 12.0. The molecule has 1 aliphatic rings. The molecule has 3 aromatic rings. The Labute approximate surface area is 145 Å². The summed E-state index contributed by atoms with van der Waals surface area (Å²) in [6.45, 7) is 0. The molecule has 0 saturated carbocycles. The molecule has 0 bridgehead atoms. The monoisotopic (exact) mass is 362 g/mol. The minimum absolute atomic E-state index is 0.0626. The highest BCUT2D eigenvalue weighted by molar-refractivity contribution is 6.23. The summed E-state index contributed by atoms with van der Waals surface area (Å²) in [6.07, 6.45) is -4.66. The van der Waals surface area contributed by atoms with Crippen LogP contribution in [0, 0.1) is 0 Å². The SMILES string of the molecule is FC(F)(F)c1nnc2n1-c1ccccc1C(c1ccccc1)=NC2Cl. The quantitative estimate of drug-likeness (QED) is 0.476. The van der Waals surface area contributed by atoms with Crippen LogP contribution in [0.25, 0.3) is 5.69 Å². The van der Waals surface area contributed by atoms with Crippen LogP contribution in [-0.2, 0) is 6.18 Å². The lowest BCUT2D eigenvalue weighted by atomic mass is 10.0. The third-order valence-electron chi connectivity index (χ3n) is 3.84. The number of halogens is 4. The molecular formula is C17H10ClF3N4. The molecule has 25 heavy (non-hydrogen) atoms. The number of fused-ring (bicyclic) bond motifs is 3. The van der Waals surface area contributed by atoms with Crippen molar-refractivity contribution in [2.24, 2.45) is 4.99 Å². The van der Waals surface area contributed by atoms with Gasteiger partial charge in [0.2, 0.25) is 5.82 Å². The fourth-order valence-electron chi connectivity index (χ4n) is 2.81. The van der Waals surface area contributed by atoms with E-state index in [1.807, 2.05) is 30.3 Å². The van der Waals surface area contributed by atoms with Crippen molar-refractivity contribution in [3.8, 4) is 5.69 Å². The molecule has 0 aliphatic carbocycles. The lowest BCUT2D eigenvalue weighted by molar-refractivity contribution is -0.146. The molecule has 0 radical (unpaired) electrons. The molecule has 0 amide bonds. The molecule has 1 atom stereocenters. The average Bonchev–Trinajstić information content (AvgIpc) is 3.01. The Balaban J connectivity index is 2.03. The molecule has 1 unspecified atom stereocenters. The zero-order valence-electron chi connectivity index (χ0n) is 12.6. The lowest BCUT2D eigenvalue weighted by Crippen LogP contribution is -2.16. The van der Waals surface area contributed by atoms with E-state index in [9.17, 15) is 13.2 Å². The Morgan fingerprint density at radius 2 is 1.60 bits per heavy atom. The fourth-order valence-corrected chi connectivity index (χ4v) is 3.05. The second-order valence-electron chi connectivity index (χ2n) is 5.41. The Kier molecular flexibility index (Phi) is 3.61. The lowest BCUT2D eigenvalue weighted by Gasteiger charge is -2.14. The maximum absolute atomic E-state index is 13.4. The van der Waals surface area contributed by atoms with Crippen LogP contribution in [0.5, 0.6) is 0 Å². The topological polar surface area (TPSA) is 43.1 Å². The van der Waals surface area contributed by atoms with Crippen molar-refractivity contribution in [2.45, 2.75) is 11.7 Å². The Bertz CT molecular complexity index is 964. The van der Waals surface area contributed by atoms with Gasteiger partial charge in [-0.25, -0.2) is 0 Å². The van der Waals surface area contributed by atoms with E-state index >= 15 is 0 Å². The highest BCUT2D eigenvalue weighted by Crippen LogP contribution is 2.37. The first-order valence-corrected chi connectivity index (χ1v) is 7.80. The molecule has 1 aromatic heterocycles. The van der Waals surface area contributed by atoms with Crippen LogP contribution in [0.2, 0.25) is 0 Å². The average molecular weight is 363 g/mol. The van der Waals surface area contributed by atoms with Crippen LogP contribution < -0.4 is 0 Å². The predicted octanol–water partition coefficient (Wildman–Crippen LogP) is 4.37. The van der Waals surface area contributed by atoms with E-state index in [0.717, 1.165) is 10.1 Å². The summed E-state index contributed by atoms with van der Waals surface area (Å²) < 4.78 is 41.1. The second kappa shape index (κ2) is 5.70. The van der Waals surface area contributed by atoms with Gasteiger partial charge in [0.15, 0.2) is 11.3 Å². The molecule has 2 heterocycles. The zero-order valence-corrected chi connectivity index (χ0v) is 13.3. The summed E-state index contributed by atoms with van der Waals surface area (Å²) in [4.78, 5) is 4.42. The molecule has 0 fully saturated rings. The van der Waals surface area contributed by atoms with E-state index in [2.05, 4.69) is 15.2 Å². The molecule has 4 rings (SSSR count). The van der Waals surface area contributed by atoms with Crippen LogP contribution in [0.1, 0.15) is 28.3 Å². The fraction of sp³-hybridized carbons (Fsp3) is 0.118. The van der Waals surface area contributed by atoms with Crippen LogP contribution in [0.4, 0.5) is 13.2 Å². The van der Waals surface area contributed by atoms with Crippen LogP contribution in [-0.4, -0.2) is 20.5 Å². The van der Waals surface area contributed by atoms with Gasteiger partial charge in [-0.05, 0) is 6.07 Å². The van der Waals surface area contributed by atoms with Crippen molar-refractivity contribution in [3.05, 3.63) is 77.4 Å². The third-order valence-corrected chi connectivity index (χ3v) is 4.14. The molecule has 126 valence electrons. The zero-order chi connectivity index (χ0) is 17.6. The molecule has 4 nitrogen and oxygen atoms in total. The first kappa shape index (κ1) is 15.8. The van der Waals surface area contributed by atoms with Crippen LogP contribution >= 0.6 is 11.6 Å². The van der Waals surface area contributed by atoms with E-state index in [0.29, 0.717) is 17.0 Å². The Hall–Kier alpha value is -2.67. The van der Waals surface area contributed by atoms with Gasteiger partial charge in [0, 0.05) is 11.1 Å². The van der Waals surface area contributed by atoms with Crippen molar-refractivity contribution in [3.63, 3.8) is 0 Å². The third kappa shape index (κ3) is 2.60. The summed E-state index contributed by atoms with van der Waals surface area (Å²) in [7, 11) is 0. The van der Waals surface area contributed by atoms with Gasteiger partial charge in [0.1, 0.15) is 0 Å². The molecule has 2 aromatic carbocycles. The molecule has 0 N–H and O–H groups in total. The van der Waals surface area contributed by atoms with Gasteiger partial charge in [-0.1, -0.05) is 60.1 Å². The number of benzene rings is 2. The minimum Gasteiger partial charge on any atom is -0.272 e. The highest BCUT2D eigenvalue weighted by atomic mass is 35.5. The number of alkyl halides is 4. The maximum Gasteiger partial charge on any atom is 0.452 e. The second-order valence-corrected chi connectivity index (χ2v) is 5.83. The smallest absolute Gasteiger partial charge is 0.272 e. The van der Waals surface area contributed by atoms with Gasteiger partial charge in [-0.2, -0.15) is 13.2 Å². The summed E-state index contributed by atoms with van der Waals surface area (Å²) in [5, 5.41) is 6.94. The number of rotatable bonds is 1. The minimum atomic E-state index is -4.66. The molecule has 0 spiro atoms. The summed E-state index contributed by atoms with van der Waals surface area (Å²) in [5.41, 5.74) is 0.998. The van der Waals surface area contributed by atoms with Gasteiger partial charge in [0.05, 0.1) is 11.4 Å². The Morgan fingerprint density at radius 3 is 2.32 bits per heavy atom. The summed E-state index contributed by atoms with van der Waals surface area (Å²) in [5.74, 6) is -1.18. The van der Waals surface area contributed by atoms with Crippen molar-refractivity contribution in [1.82, 2.24) is 14.8 Å². The van der Waals surface area contributed by atoms with Crippen LogP contribution in [0.15, 0.2) is 59.6 Å². The standard InChI is InChI=1S/C17H10ClF3N4/c18-14-15-23-24-16(17(19,20)21)25(15)12-9-5-4-8-11(12)13(22-14)10-6-2-1-3-7-10/h1-9,14H. The molecule has 8 heteroatoms. The van der Waals surface area contributed by atoms with E-state index in [1.165, 1.54) is 0 Å². The number of hydrogen-bond acceptors (Lipinski definition) is 3. The number of aliphatic imine (C=N–C) groups is 1. The number of nitrogens with zero attached hydrogens (tertiary/aromatic N) is 4. The summed E-state index contributed by atoms with van der Waals surface area (Å²) in [6, 6.07) is 15.8. The largest absolute Gasteiger partial charge is 0.452 e.